The molecule has 0 saturated carbocycles. The Hall–Kier alpha value is -4.70. The fourth-order valence-electron chi connectivity index (χ4n) is 9.45. The number of rotatable bonds is 15. The summed E-state index contributed by atoms with van der Waals surface area (Å²) in [6, 6.07) is 41.3. The van der Waals surface area contributed by atoms with Crippen LogP contribution in [0.25, 0.3) is 0 Å². The van der Waals surface area contributed by atoms with Gasteiger partial charge in [-0.1, -0.05) is 175 Å². The van der Waals surface area contributed by atoms with Crippen molar-refractivity contribution in [1.29, 1.82) is 0 Å². The molecule has 0 unspecified atom stereocenters. The van der Waals surface area contributed by atoms with Gasteiger partial charge in [0.1, 0.15) is 43.2 Å². The van der Waals surface area contributed by atoms with Gasteiger partial charge in [-0.15, -0.1) is 0 Å². The topological polar surface area (TPSA) is 116 Å². The van der Waals surface area contributed by atoms with E-state index in [1.165, 1.54) is 14.0 Å². The minimum Gasteiger partial charge on any atom is -0.469 e. The Kier molecular flexibility index (Phi) is 15.6. The van der Waals surface area contributed by atoms with Gasteiger partial charge in [0.2, 0.25) is 0 Å². The molecule has 2 heterocycles. The number of methoxy groups -OCH3 is 1. The summed E-state index contributed by atoms with van der Waals surface area (Å²) in [6.07, 6.45) is -2.04. The third-order valence-electron chi connectivity index (χ3n) is 12.5. The van der Waals surface area contributed by atoms with Crippen LogP contribution in [-0.4, -0.2) is 91.0 Å². The highest BCUT2D eigenvalue weighted by Crippen LogP contribution is 2.46. The maximum Gasteiger partial charge on any atom is 0.311 e. The van der Waals surface area contributed by atoms with E-state index in [0.29, 0.717) is 0 Å². The van der Waals surface area contributed by atoms with Crippen LogP contribution in [0.15, 0.2) is 133 Å². The Morgan fingerprint density at radius 1 is 0.569 bits per heavy atom. The summed E-state index contributed by atoms with van der Waals surface area (Å²) in [5.74, 6) is -1.27. The lowest BCUT2D eigenvalue weighted by molar-refractivity contribution is -0.223. The normalized spacial score (nSPS) is 22.8. The molecule has 4 aromatic carbocycles. The maximum absolute atomic E-state index is 13.6. The third kappa shape index (κ3) is 10.6. The van der Waals surface area contributed by atoms with E-state index in [2.05, 4.69) is 90.1 Å². The maximum atomic E-state index is 13.6. The molecule has 0 amide bonds. The molecule has 0 aliphatic carbocycles. The van der Waals surface area contributed by atoms with E-state index in [0.717, 1.165) is 20.7 Å². The largest absolute Gasteiger partial charge is 0.469 e. The molecule has 12 heteroatoms. The SMILES string of the molecule is COC(=O)C/C=C/C[C@@H]1O[C@@H]2[C@@H](O[C@H](COC(=O)C(C)(C)C)[C@@H]2O[Si](c2ccccc2)(c2ccccc2)C(C)(C)C)[C@@H](O[Si](c2ccccc2)(c2ccccc2)C(C)(C)C)[C@H]1OC(C)=O. The number of benzene rings is 4. The van der Waals surface area contributed by atoms with E-state index in [-0.39, 0.29) is 31.4 Å². The van der Waals surface area contributed by atoms with E-state index < -0.39 is 80.8 Å². The average molecular weight is 921 g/mol. The first-order valence-electron chi connectivity index (χ1n) is 22.7. The van der Waals surface area contributed by atoms with Crippen LogP contribution in [0.5, 0.6) is 0 Å². The van der Waals surface area contributed by atoms with E-state index >= 15 is 0 Å². The van der Waals surface area contributed by atoms with Gasteiger partial charge < -0.3 is 32.5 Å². The summed E-state index contributed by atoms with van der Waals surface area (Å²) in [5, 5.41) is 3.28. The third-order valence-corrected chi connectivity index (χ3v) is 22.6. The van der Waals surface area contributed by atoms with Gasteiger partial charge in [-0.25, -0.2) is 0 Å². The first kappa shape index (κ1) is 49.7. The predicted molar refractivity (Wildman–Crippen MR) is 259 cm³/mol. The Balaban J connectivity index is 1.60. The van der Waals surface area contributed by atoms with Gasteiger partial charge in [0.25, 0.3) is 16.6 Å². The summed E-state index contributed by atoms with van der Waals surface area (Å²) >= 11 is 0. The summed E-state index contributed by atoms with van der Waals surface area (Å²) in [5.41, 5.74) is -0.785. The highest BCUT2D eigenvalue weighted by molar-refractivity contribution is 7.00. The van der Waals surface area contributed by atoms with Crippen LogP contribution in [0.4, 0.5) is 0 Å². The molecule has 7 atom stereocenters. The number of ether oxygens (including phenoxy) is 5. The zero-order chi connectivity index (χ0) is 47.2. The summed E-state index contributed by atoms with van der Waals surface area (Å²) in [7, 11) is -5.36. The van der Waals surface area contributed by atoms with E-state index in [4.69, 9.17) is 32.5 Å². The van der Waals surface area contributed by atoms with Gasteiger partial charge in [-0.2, -0.15) is 0 Å². The van der Waals surface area contributed by atoms with E-state index in [9.17, 15) is 14.4 Å². The fraction of sp³-hybridized carbons (Fsp3) is 0.453. The molecule has 2 saturated heterocycles. The first-order chi connectivity index (χ1) is 30.7. The molecule has 2 fully saturated rings. The molecule has 0 aromatic heterocycles. The van der Waals surface area contributed by atoms with Gasteiger partial charge in [0, 0.05) is 6.92 Å². The first-order valence-corrected chi connectivity index (χ1v) is 26.5. The van der Waals surface area contributed by atoms with Gasteiger partial charge in [0.15, 0.2) is 6.10 Å². The van der Waals surface area contributed by atoms with Gasteiger partial charge in [0.05, 0.1) is 18.9 Å². The van der Waals surface area contributed by atoms with E-state index in [1.54, 1.807) is 6.08 Å². The quantitative estimate of drug-likeness (QED) is 0.0516. The zero-order valence-corrected chi connectivity index (χ0v) is 41.9. The van der Waals surface area contributed by atoms with E-state index in [1.807, 2.05) is 99.6 Å². The van der Waals surface area contributed by atoms with Crippen molar-refractivity contribution in [2.75, 3.05) is 13.7 Å². The Morgan fingerprint density at radius 3 is 1.35 bits per heavy atom. The van der Waals surface area contributed by atoms with Crippen LogP contribution in [-0.2, 0) is 46.9 Å². The van der Waals surface area contributed by atoms with Gasteiger partial charge in [-0.05, 0) is 58.0 Å². The molecule has 0 radical (unpaired) electrons. The van der Waals surface area contributed by atoms with Crippen molar-refractivity contribution in [3.63, 3.8) is 0 Å². The van der Waals surface area contributed by atoms with Crippen molar-refractivity contribution < 1.29 is 46.9 Å². The predicted octanol–water partition coefficient (Wildman–Crippen LogP) is 7.44. The van der Waals surface area contributed by atoms with Crippen molar-refractivity contribution in [3.05, 3.63) is 133 Å². The number of esters is 3. The molecule has 10 nitrogen and oxygen atoms in total. The summed E-state index contributed by atoms with van der Waals surface area (Å²) < 4.78 is 47.9. The number of fused-ring (bicyclic) bond motifs is 1. The Labute approximate surface area is 388 Å². The lowest BCUT2D eigenvalue weighted by atomic mass is 9.91. The van der Waals surface area contributed by atoms with Crippen LogP contribution in [0.2, 0.25) is 10.1 Å². The molecule has 6 rings (SSSR count). The second-order valence-corrected chi connectivity index (χ2v) is 28.7. The Morgan fingerprint density at radius 2 is 0.969 bits per heavy atom. The van der Waals surface area contributed by atoms with Crippen LogP contribution in [0.3, 0.4) is 0 Å². The zero-order valence-electron chi connectivity index (χ0n) is 39.9. The smallest absolute Gasteiger partial charge is 0.311 e. The Bertz CT molecular complexity index is 2140. The number of carbonyl (C=O) groups is 3. The molecule has 2 aliphatic rings. The molecule has 0 N–H and O–H groups in total. The molecule has 348 valence electrons. The molecule has 0 bridgehead atoms. The second-order valence-electron chi connectivity index (χ2n) is 20.2. The van der Waals surface area contributed by atoms with Crippen LogP contribution >= 0.6 is 0 Å². The number of carbonyl (C=O) groups excluding carboxylic acids is 3. The van der Waals surface area contributed by atoms with Crippen LogP contribution in [0, 0.1) is 5.41 Å². The van der Waals surface area contributed by atoms with Gasteiger partial charge in [-0.3, -0.25) is 14.4 Å². The lowest BCUT2D eigenvalue weighted by Crippen LogP contribution is -2.72. The average Bonchev–Trinajstić information content (AvgIpc) is 3.61. The number of hydrogen-bond acceptors (Lipinski definition) is 10. The molecule has 4 aromatic rings. The van der Waals surface area contributed by atoms with Crippen molar-refractivity contribution in [3.8, 4) is 0 Å². The van der Waals surface area contributed by atoms with Crippen molar-refractivity contribution in [2.45, 2.75) is 135 Å². The minimum absolute atomic E-state index is 0.0550. The van der Waals surface area contributed by atoms with Crippen LogP contribution in [0.1, 0.15) is 82.1 Å². The molecule has 65 heavy (non-hydrogen) atoms. The number of hydrogen-bond donors (Lipinski definition) is 0. The molecule has 2 aliphatic heterocycles. The molecular formula is C53H68O10Si2. The van der Waals surface area contributed by atoms with Crippen molar-refractivity contribution >= 4 is 55.3 Å². The van der Waals surface area contributed by atoms with Crippen molar-refractivity contribution in [1.82, 2.24) is 0 Å². The summed E-state index contributed by atoms with van der Waals surface area (Å²) in [4.78, 5) is 39.2. The highest BCUT2D eigenvalue weighted by atomic mass is 28.4. The monoisotopic (exact) mass is 920 g/mol. The highest BCUT2D eigenvalue weighted by Gasteiger charge is 2.64. The second kappa shape index (κ2) is 20.4. The van der Waals surface area contributed by atoms with Crippen molar-refractivity contribution in [2.24, 2.45) is 5.41 Å². The molecular weight excluding hydrogens is 853 g/mol. The summed E-state index contributed by atoms with van der Waals surface area (Å²) in [6.45, 7) is 19.9. The van der Waals surface area contributed by atoms with Crippen LogP contribution < -0.4 is 20.7 Å². The molecule has 0 spiro atoms. The lowest BCUT2D eigenvalue weighted by Gasteiger charge is -2.51. The van der Waals surface area contributed by atoms with Gasteiger partial charge >= 0.3 is 17.9 Å². The fourth-order valence-corrected chi connectivity index (χ4v) is 18.8. The minimum atomic E-state index is -3.39. The standard InChI is InChI=1S/C53H68O10Si2/c1-37(54)59-45-42(34-24-25-35-44(55)57-11)60-47-46(62-64(52(5,6)7,38-26-16-12-17-27-38)39-28-18-13-19-29-39)43(36-58-50(56)51(2,3)4)61-48(47)49(45)63-65(53(8,9)10,40-30-20-14-21-31-40)41-32-22-15-23-33-41/h12-33,42-43,45-49H,34-36H2,1-11H3/b25-24+/t42-,43+,45-,46-,47-,48+,49-/m0/s1.